The van der Waals surface area contributed by atoms with Gasteiger partial charge in [0.1, 0.15) is 17.3 Å². The first-order valence-corrected chi connectivity index (χ1v) is 10.5. The fourth-order valence-corrected chi connectivity index (χ4v) is 3.27. The molecule has 33 heavy (non-hydrogen) atoms. The number of rotatable bonds is 10. The van der Waals surface area contributed by atoms with Crippen molar-refractivity contribution in [1.29, 1.82) is 0 Å². The topological polar surface area (TPSA) is 109 Å². The number of amides is 1. The highest BCUT2D eigenvalue weighted by molar-refractivity contribution is 5.99. The summed E-state index contributed by atoms with van der Waals surface area (Å²) in [4.78, 5) is 29.0. The quantitative estimate of drug-likeness (QED) is 0.403. The number of anilines is 1. The Hall–Kier alpha value is -3.82. The number of aromatic nitrogens is 3. The van der Waals surface area contributed by atoms with Crippen LogP contribution in [-0.4, -0.2) is 47.3 Å². The van der Waals surface area contributed by atoms with Crippen LogP contribution in [-0.2, 0) is 16.0 Å². The van der Waals surface area contributed by atoms with Crippen LogP contribution in [0, 0.1) is 17.6 Å². The molecular formula is C23H25F2N5O3. The van der Waals surface area contributed by atoms with Crippen molar-refractivity contribution < 1.29 is 23.1 Å². The highest BCUT2D eigenvalue weighted by Gasteiger charge is 2.22. The highest BCUT2D eigenvalue weighted by atomic mass is 19.1. The Labute approximate surface area is 189 Å². The maximum absolute atomic E-state index is 14.8. The zero-order valence-electron chi connectivity index (χ0n) is 18.3. The fourth-order valence-electron chi connectivity index (χ4n) is 3.27. The molecule has 10 heteroatoms. The van der Waals surface area contributed by atoms with E-state index in [1.54, 1.807) is 19.1 Å². The number of nitrogens with one attached hydrogen (secondary N) is 3. The van der Waals surface area contributed by atoms with Gasteiger partial charge in [0.25, 0.3) is 5.91 Å². The zero-order chi connectivity index (χ0) is 23.8. The molecule has 0 unspecified atom stereocenters. The predicted octanol–water partition coefficient (Wildman–Crippen LogP) is 3.33. The molecule has 3 N–H and O–H groups in total. The second-order valence-corrected chi connectivity index (χ2v) is 7.35. The Morgan fingerprint density at radius 2 is 2.06 bits per heavy atom. The van der Waals surface area contributed by atoms with Crippen LogP contribution in [0.25, 0.3) is 11.3 Å². The number of pyridine rings is 1. The van der Waals surface area contributed by atoms with Crippen molar-refractivity contribution in [3.63, 3.8) is 0 Å². The van der Waals surface area contributed by atoms with Crippen LogP contribution in [0.15, 0.2) is 42.7 Å². The van der Waals surface area contributed by atoms with Gasteiger partial charge in [-0.15, -0.1) is 0 Å². The maximum Gasteiger partial charge on any atom is 0.310 e. The summed E-state index contributed by atoms with van der Waals surface area (Å²) in [5.41, 5.74) is 1.19. The summed E-state index contributed by atoms with van der Waals surface area (Å²) in [6, 6.07) is 7.26. The molecule has 1 amide bonds. The number of ether oxygens (including phenoxy) is 1. The van der Waals surface area contributed by atoms with Gasteiger partial charge in [-0.2, -0.15) is 5.10 Å². The second kappa shape index (κ2) is 11.2. The van der Waals surface area contributed by atoms with Crippen molar-refractivity contribution in [1.82, 2.24) is 20.5 Å². The largest absolute Gasteiger partial charge is 0.469 e. The van der Waals surface area contributed by atoms with Gasteiger partial charge in [-0.05, 0) is 36.6 Å². The number of H-pyrrole nitrogens is 1. The van der Waals surface area contributed by atoms with Gasteiger partial charge in [0, 0.05) is 24.8 Å². The molecular weight excluding hydrogens is 432 g/mol. The number of methoxy groups -OCH3 is 1. The third-order valence-electron chi connectivity index (χ3n) is 5.12. The summed E-state index contributed by atoms with van der Waals surface area (Å²) in [6.45, 7) is 2.16. The lowest BCUT2D eigenvalue weighted by Crippen LogP contribution is -2.34. The molecule has 174 valence electrons. The third kappa shape index (κ3) is 6.12. The Bertz CT molecular complexity index is 1110. The van der Waals surface area contributed by atoms with E-state index >= 15 is 0 Å². The number of nitrogens with zero attached hydrogens (tertiary/aromatic N) is 2. The van der Waals surface area contributed by atoms with E-state index in [0.717, 1.165) is 11.6 Å². The van der Waals surface area contributed by atoms with Gasteiger partial charge < -0.3 is 15.4 Å². The number of benzene rings is 1. The molecule has 3 aromatic rings. The smallest absolute Gasteiger partial charge is 0.310 e. The van der Waals surface area contributed by atoms with Crippen LogP contribution < -0.4 is 10.6 Å². The minimum Gasteiger partial charge on any atom is -0.469 e. The summed E-state index contributed by atoms with van der Waals surface area (Å²) in [5.74, 6) is -2.43. The molecule has 0 aliphatic carbocycles. The first kappa shape index (κ1) is 23.8. The number of carbonyl (C=O) groups excluding carboxylic acids is 2. The van der Waals surface area contributed by atoms with Crippen LogP contribution >= 0.6 is 0 Å². The summed E-state index contributed by atoms with van der Waals surface area (Å²) < 4.78 is 33.0. The molecule has 0 spiro atoms. The molecule has 0 aliphatic heterocycles. The van der Waals surface area contributed by atoms with Crippen molar-refractivity contribution >= 4 is 17.7 Å². The number of hydrogen-bond donors (Lipinski definition) is 3. The average Bonchev–Trinajstić information content (AvgIpc) is 3.34. The molecule has 1 atom stereocenters. The minimum atomic E-state index is -0.697. The monoisotopic (exact) mass is 457 g/mol. The van der Waals surface area contributed by atoms with E-state index in [9.17, 15) is 18.4 Å². The predicted molar refractivity (Wildman–Crippen MR) is 119 cm³/mol. The van der Waals surface area contributed by atoms with E-state index in [1.807, 2.05) is 0 Å². The fraction of sp³-hybridized carbons (Fsp3) is 0.304. The average molecular weight is 457 g/mol. The minimum absolute atomic E-state index is 0.0151. The Kier molecular flexibility index (Phi) is 8.06. The molecule has 2 aromatic heterocycles. The van der Waals surface area contributed by atoms with Crippen molar-refractivity contribution in [3.8, 4) is 11.3 Å². The van der Waals surface area contributed by atoms with Crippen molar-refractivity contribution in [2.75, 3.05) is 25.5 Å². The summed E-state index contributed by atoms with van der Waals surface area (Å²) in [5, 5.41) is 12.1. The lowest BCUT2D eigenvalue weighted by Gasteiger charge is -2.16. The maximum atomic E-state index is 14.8. The van der Waals surface area contributed by atoms with Crippen LogP contribution in [0.1, 0.15) is 29.3 Å². The van der Waals surface area contributed by atoms with E-state index in [0.29, 0.717) is 24.9 Å². The molecule has 1 aromatic carbocycles. The van der Waals surface area contributed by atoms with Crippen molar-refractivity contribution in [3.05, 3.63) is 65.5 Å². The van der Waals surface area contributed by atoms with Crippen LogP contribution in [0.4, 0.5) is 14.6 Å². The molecule has 0 radical (unpaired) electrons. The van der Waals surface area contributed by atoms with E-state index in [-0.39, 0.29) is 29.4 Å². The SMILES string of the molecule is CC[C@H](CNC(=O)c1cc(F)c(-c2cn[nH]c2)nc1NCCc1cccc(F)c1)C(=O)OC. The lowest BCUT2D eigenvalue weighted by atomic mass is 10.1. The number of aromatic amines is 1. The van der Waals surface area contributed by atoms with Gasteiger partial charge >= 0.3 is 5.97 Å². The standard InChI is InChI=1S/C23H25F2N5O3/c1-3-15(23(32)33-2)11-27-22(31)18-10-19(25)20(16-12-28-29-13-16)30-21(18)26-8-7-14-5-4-6-17(24)9-14/h4-6,9-10,12-13,15H,3,7-8,11H2,1-2H3,(H,26,30)(H,27,31)(H,28,29)/t15-/m1/s1. The van der Waals surface area contributed by atoms with Gasteiger partial charge in [-0.1, -0.05) is 19.1 Å². The van der Waals surface area contributed by atoms with Gasteiger partial charge in [0.15, 0.2) is 5.82 Å². The second-order valence-electron chi connectivity index (χ2n) is 7.35. The Balaban J connectivity index is 1.82. The number of esters is 1. The van der Waals surface area contributed by atoms with Gasteiger partial charge in [-0.3, -0.25) is 14.7 Å². The lowest BCUT2D eigenvalue weighted by molar-refractivity contribution is -0.145. The number of carbonyl (C=O) groups is 2. The molecule has 0 fully saturated rings. The molecule has 0 bridgehead atoms. The molecule has 0 saturated heterocycles. The number of hydrogen-bond acceptors (Lipinski definition) is 6. The van der Waals surface area contributed by atoms with Gasteiger partial charge in [-0.25, -0.2) is 13.8 Å². The molecule has 2 heterocycles. The van der Waals surface area contributed by atoms with Crippen molar-refractivity contribution in [2.24, 2.45) is 5.92 Å². The van der Waals surface area contributed by atoms with Crippen molar-refractivity contribution in [2.45, 2.75) is 19.8 Å². The third-order valence-corrected chi connectivity index (χ3v) is 5.12. The van der Waals surface area contributed by atoms with E-state index in [1.165, 1.54) is 31.6 Å². The first-order chi connectivity index (χ1) is 15.9. The molecule has 0 saturated carbocycles. The van der Waals surface area contributed by atoms with Crippen LogP contribution in [0.3, 0.4) is 0 Å². The Morgan fingerprint density at radius 3 is 2.73 bits per heavy atom. The van der Waals surface area contributed by atoms with E-state index < -0.39 is 23.6 Å². The van der Waals surface area contributed by atoms with E-state index in [4.69, 9.17) is 4.74 Å². The zero-order valence-corrected chi connectivity index (χ0v) is 18.3. The van der Waals surface area contributed by atoms with E-state index in [2.05, 4.69) is 25.8 Å². The van der Waals surface area contributed by atoms with Crippen LogP contribution in [0.2, 0.25) is 0 Å². The normalized spacial score (nSPS) is 11.6. The summed E-state index contributed by atoms with van der Waals surface area (Å²) in [7, 11) is 1.28. The molecule has 8 nitrogen and oxygen atoms in total. The first-order valence-electron chi connectivity index (χ1n) is 10.5. The molecule has 3 rings (SSSR count). The molecule has 0 aliphatic rings. The summed E-state index contributed by atoms with van der Waals surface area (Å²) in [6.07, 6.45) is 3.84. The van der Waals surface area contributed by atoms with Crippen LogP contribution in [0.5, 0.6) is 0 Å². The highest BCUT2D eigenvalue weighted by Crippen LogP contribution is 2.25. The van der Waals surface area contributed by atoms with Gasteiger partial charge in [0.2, 0.25) is 0 Å². The van der Waals surface area contributed by atoms with Gasteiger partial charge in [0.05, 0.1) is 24.8 Å². The Morgan fingerprint density at radius 1 is 1.24 bits per heavy atom. The number of halogens is 2. The summed E-state index contributed by atoms with van der Waals surface area (Å²) >= 11 is 0.